The van der Waals surface area contributed by atoms with Crippen molar-refractivity contribution < 1.29 is 4.79 Å². The summed E-state index contributed by atoms with van der Waals surface area (Å²) in [5.41, 5.74) is 5.10. The summed E-state index contributed by atoms with van der Waals surface area (Å²) < 4.78 is 0. The Kier molecular flexibility index (Phi) is 4.78. The van der Waals surface area contributed by atoms with Crippen LogP contribution in [0.25, 0.3) is 0 Å². The van der Waals surface area contributed by atoms with Crippen molar-refractivity contribution in [2.45, 2.75) is 32.1 Å². The van der Waals surface area contributed by atoms with Crippen molar-refractivity contribution in [3.63, 3.8) is 0 Å². The lowest BCUT2D eigenvalue weighted by atomic mass is 9.90. The molecule has 0 saturated heterocycles. The zero-order valence-corrected chi connectivity index (χ0v) is 14.9. The first-order chi connectivity index (χ1) is 13.2. The van der Waals surface area contributed by atoms with Gasteiger partial charge >= 0.3 is 0 Å². The van der Waals surface area contributed by atoms with Crippen molar-refractivity contribution in [2.75, 3.05) is 5.32 Å². The molecule has 2 N–H and O–H groups in total. The Labute approximate surface area is 156 Å². The molecule has 2 heterocycles. The Morgan fingerprint density at radius 1 is 1.11 bits per heavy atom. The summed E-state index contributed by atoms with van der Waals surface area (Å²) in [7, 11) is 0. The number of pyridine rings is 1. The molecule has 0 spiro atoms. The summed E-state index contributed by atoms with van der Waals surface area (Å²) in [5, 5.41) is 9.82. The number of amides is 1. The molecule has 0 atom stereocenters. The van der Waals surface area contributed by atoms with Crippen LogP contribution >= 0.6 is 0 Å². The molecule has 1 aromatic carbocycles. The maximum atomic E-state index is 12.3. The van der Waals surface area contributed by atoms with Crippen molar-refractivity contribution in [2.24, 2.45) is 0 Å². The standard InChI is InChI=1S/C21H20N4O2/c26-20(15-6-4-10-22-13-15)23-16-7-3-5-14(11-16)12-19-17-8-1-2-9-18(17)21(27)25-24-19/h3-7,10-11,13H,1-2,8-9,12H2,(H,23,26)(H,25,27). The Bertz CT molecular complexity index is 1030. The summed E-state index contributed by atoms with van der Waals surface area (Å²) in [6, 6.07) is 11.2. The van der Waals surface area contributed by atoms with Crippen LogP contribution in [-0.2, 0) is 19.3 Å². The highest BCUT2D eigenvalue weighted by molar-refractivity contribution is 6.04. The van der Waals surface area contributed by atoms with E-state index in [0.717, 1.165) is 53.8 Å². The number of anilines is 1. The normalized spacial score (nSPS) is 13.0. The van der Waals surface area contributed by atoms with Gasteiger partial charge in [0.25, 0.3) is 11.5 Å². The molecular weight excluding hydrogens is 340 g/mol. The third-order valence-corrected chi connectivity index (χ3v) is 4.86. The lowest BCUT2D eigenvalue weighted by molar-refractivity contribution is 0.102. The van der Waals surface area contributed by atoms with Crippen LogP contribution < -0.4 is 10.9 Å². The Hall–Kier alpha value is -3.28. The number of fused-ring (bicyclic) bond motifs is 1. The topological polar surface area (TPSA) is 87.7 Å². The van der Waals surface area contributed by atoms with Gasteiger partial charge < -0.3 is 5.32 Å². The first-order valence-corrected chi connectivity index (χ1v) is 9.10. The Morgan fingerprint density at radius 2 is 1.96 bits per heavy atom. The van der Waals surface area contributed by atoms with Crippen molar-refractivity contribution in [3.8, 4) is 0 Å². The third kappa shape index (κ3) is 3.79. The molecule has 4 rings (SSSR count). The van der Waals surface area contributed by atoms with E-state index in [1.165, 1.54) is 6.20 Å². The second kappa shape index (κ2) is 7.53. The number of nitrogens with one attached hydrogen (secondary N) is 2. The number of rotatable bonds is 4. The van der Waals surface area contributed by atoms with Crippen LogP contribution in [-0.4, -0.2) is 21.1 Å². The quantitative estimate of drug-likeness (QED) is 0.749. The van der Waals surface area contributed by atoms with Crippen molar-refractivity contribution in [3.05, 3.63) is 87.1 Å². The molecule has 1 amide bonds. The minimum atomic E-state index is -0.195. The molecule has 0 unspecified atom stereocenters. The fourth-order valence-electron chi connectivity index (χ4n) is 3.53. The predicted molar refractivity (Wildman–Crippen MR) is 103 cm³/mol. The largest absolute Gasteiger partial charge is 0.322 e. The van der Waals surface area contributed by atoms with Gasteiger partial charge in [0.15, 0.2) is 0 Å². The van der Waals surface area contributed by atoms with Gasteiger partial charge in [0.2, 0.25) is 0 Å². The lowest BCUT2D eigenvalue weighted by Gasteiger charge is -2.17. The maximum absolute atomic E-state index is 12.3. The predicted octanol–water partition coefficient (Wildman–Crippen LogP) is 2.89. The molecule has 6 heteroatoms. The summed E-state index contributed by atoms with van der Waals surface area (Å²) in [4.78, 5) is 28.3. The minimum absolute atomic E-state index is 0.0639. The molecule has 3 aromatic rings. The second-order valence-electron chi connectivity index (χ2n) is 6.74. The van der Waals surface area contributed by atoms with Gasteiger partial charge in [-0.15, -0.1) is 0 Å². The number of nitrogens with zero attached hydrogens (tertiary/aromatic N) is 2. The van der Waals surface area contributed by atoms with Gasteiger partial charge in [0.05, 0.1) is 11.3 Å². The highest BCUT2D eigenvalue weighted by Gasteiger charge is 2.18. The summed E-state index contributed by atoms with van der Waals surface area (Å²) in [6.07, 6.45) is 7.66. The molecule has 0 aliphatic heterocycles. The number of aromatic amines is 1. The van der Waals surface area contributed by atoms with E-state index in [1.54, 1.807) is 18.3 Å². The fourth-order valence-corrected chi connectivity index (χ4v) is 3.53. The Balaban J connectivity index is 1.55. The molecular formula is C21H20N4O2. The first kappa shape index (κ1) is 17.1. The number of carbonyl (C=O) groups excluding carboxylic acids is 1. The van der Waals surface area contributed by atoms with Crippen LogP contribution in [0.1, 0.15) is 45.6 Å². The van der Waals surface area contributed by atoms with E-state index < -0.39 is 0 Å². The minimum Gasteiger partial charge on any atom is -0.322 e. The fraction of sp³-hybridized carbons (Fsp3) is 0.238. The molecule has 27 heavy (non-hydrogen) atoms. The van der Waals surface area contributed by atoms with Gasteiger partial charge in [0, 0.05) is 30.1 Å². The summed E-state index contributed by atoms with van der Waals surface area (Å²) >= 11 is 0. The molecule has 0 bridgehead atoms. The molecule has 1 aliphatic carbocycles. The summed E-state index contributed by atoms with van der Waals surface area (Å²) in [6.45, 7) is 0. The Morgan fingerprint density at radius 3 is 2.78 bits per heavy atom. The van der Waals surface area contributed by atoms with Crippen molar-refractivity contribution in [1.29, 1.82) is 0 Å². The smallest absolute Gasteiger partial charge is 0.267 e. The van der Waals surface area contributed by atoms with E-state index in [1.807, 2.05) is 24.3 Å². The number of H-pyrrole nitrogens is 1. The van der Waals surface area contributed by atoms with E-state index >= 15 is 0 Å². The first-order valence-electron chi connectivity index (χ1n) is 9.10. The molecule has 136 valence electrons. The molecule has 0 radical (unpaired) electrons. The molecule has 0 saturated carbocycles. The molecule has 6 nitrogen and oxygen atoms in total. The molecule has 0 fully saturated rings. The lowest BCUT2D eigenvalue weighted by Crippen LogP contribution is -2.23. The van der Waals surface area contributed by atoms with Gasteiger partial charge in [-0.25, -0.2) is 5.10 Å². The second-order valence-corrected chi connectivity index (χ2v) is 6.74. The van der Waals surface area contributed by atoms with E-state index in [2.05, 4.69) is 20.5 Å². The highest BCUT2D eigenvalue weighted by Crippen LogP contribution is 2.23. The van der Waals surface area contributed by atoms with Gasteiger partial charge in [-0.2, -0.15) is 5.10 Å². The van der Waals surface area contributed by atoms with Crippen molar-refractivity contribution in [1.82, 2.24) is 15.2 Å². The van der Waals surface area contributed by atoms with Gasteiger partial charge in [-0.3, -0.25) is 14.6 Å². The van der Waals surface area contributed by atoms with Crippen molar-refractivity contribution >= 4 is 11.6 Å². The van der Waals surface area contributed by atoms with Crippen LogP contribution in [0.4, 0.5) is 5.69 Å². The summed E-state index contributed by atoms with van der Waals surface area (Å²) in [5.74, 6) is -0.195. The van der Waals surface area contributed by atoms with Gasteiger partial charge in [-0.05, 0) is 61.1 Å². The van der Waals surface area contributed by atoms with Gasteiger partial charge in [-0.1, -0.05) is 12.1 Å². The van der Waals surface area contributed by atoms with Gasteiger partial charge in [0.1, 0.15) is 0 Å². The maximum Gasteiger partial charge on any atom is 0.267 e. The highest BCUT2D eigenvalue weighted by atomic mass is 16.1. The molecule has 1 aliphatic rings. The third-order valence-electron chi connectivity index (χ3n) is 4.86. The monoisotopic (exact) mass is 360 g/mol. The SMILES string of the molecule is O=C(Nc1cccc(Cc2n[nH]c(=O)c3c2CCCC3)c1)c1cccnc1. The number of benzene rings is 1. The zero-order valence-electron chi connectivity index (χ0n) is 14.9. The van der Waals surface area contributed by atoms with E-state index in [4.69, 9.17) is 0 Å². The number of aromatic nitrogens is 3. The van der Waals surface area contributed by atoms with E-state index in [0.29, 0.717) is 12.0 Å². The van der Waals surface area contributed by atoms with E-state index in [-0.39, 0.29) is 11.5 Å². The number of hydrogen-bond donors (Lipinski definition) is 2. The number of hydrogen-bond acceptors (Lipinski definition) is 4. The average Bonchev–Trinajstić information content (AvgIpc) is 2.71. The number of carbonyl (C=O) groups is 1. The zero-order chi connectivity index (χ0) is 18.6. The van der Waals surface area contributed by atoms with Crippen LogP contribution in [0.5, 0.6) is 0 Å². The average molecular weight is 360 g/mol. The van der Waals surface area contributed by atoms with E-state index in [9.17, 15) is 9.59 Å². The van der Waals surface area contributed by atoms with Crippen LogP contribution in [0.3, 0.4) is 0 Å². The van der Waals surface area contributed by atoms with Crippen LogP contribution in [0.15, 0.2) is 53.6 Å². The molecule has 2 aromatic heterocycles. The van der Waals surface area contributed by atoms with Crippen LogP contribution in [0.2, 0.25) is 0 Å². The van der Waals surface area contributed by atoms with Crippen LogP contribution in [0, 0.1) is 0 Å².